The van der Waals surface area contributed by atoms with Crippen LogP contribution in [0.2, 0.25) is 0 Å². The van der Waals surface area contributed by atoms with Gasteiger partial charge in [0.1, 0.15) is 0 Å². The predicted molar refractivity (Wildman–Crippen MR) is 99.6 cm³/mol. The van der Waals surface area contributed by atoms with Crippen LogP contribution in [0.5, 0.6) is 0 Å². The second kappa shape index (κ2) is 6.48. The highest BCUT2D eigenvalue weighted by Crippen LogP contribution is 2.27. The molecule has 0 saturated heterocycles. The lowest BCUT2D eigenvalue weighted by Gasteiger charge is -2.26. The highest BCUT2D eigenvalue weighted by molar-refractivity contribution is 5.93. The minimum absolute atomic E-state index is 0.0383. The van der Waals surface area contributed by atoms with Gasteiger partial charge < -0.3 is 9.88 Å². The summed E-state index contributed by atoms with van der Waals surface area (Å²) in [6.45, 7) is 1.26. The molecule has 6 nitrogen and oxygen atoms in total. The van der Waals surface area contributed by atoms with Crippen LogP contribution in [-0.2, 0) is 17.8 Å². The summed E-state index contributed by atoms with van der Waals surface area (Å²) in [5, 5.41) is 11.8. The van der Waals surface area contributed by atoms with Gasteiger partial charge in [-0.05, 0) is 29.8 Å². The SMILES string of the molecule is O=C(/C=C\c1ccc([N+](=O)[O-])cc1)N1CCc2[nH]c3ccccc3c2C1. The summed E-state index contributed by atoms with van der Waals surface area (Å²) in [5.41, 5.74) is 4.29. The van der Waals surface area contributed by atoms with Gasteiger partial charge >= 0.3 is 0 Å². The molecule has 2 heterocycles. The molecule has 0 saturated carbocycles. The monoisotopic (exact) mass is 347 g/mol. The Kier molecular flexibility index (Phi) is 4.01. The lowest BCUT2D eigenvalue weighted by Crippen LogP contribution is -2.34. The molecule has 1 N–H and O–H groups in total. The van der Waals surface area contributed by atoms with Gasteiger partial charge in [-0.2, -0.15) is 0 Å². The van der Waals surface area contributed by atoms with Gasteiger partial charge in [-0.1, -0.05) is 18.2 Å². The third kappa shape index (κ3) is 2.97. The van der Waals surface area contributed by atoms with E-state index in [9.17, 15) is 14.9 Å². The van der Waals surface area contributed by atoms with E-state index in [-0.39, 0.29) is 11.6 Å². The average Bonchev–Trinajstić information content (AvgIpc) is 3.04. The summed E-state index contributed by atoms with van der Waals surface area (Å²) in [5.74, 6) is -0.0562. The molecule has 0 radical (unpaired) electrons. The predicted octanol–water partition coefficient (Wildman–Crippen LogP) is 3.67. The van der Waals surface area contributed by atoms with Crippen LogP contribution in [0.1, 0.15) is 16.8 Å². The maximum absolute atomic E-state index is 12.5. The first-order valence-corrected chi connectivity index (χ1v) is 8.42. The zero-order valence-electron chi connectivity index (χ0n) is 14.0. The second-order valence-corrected chi connectivity index (χ2v) is 6.32. The molecule has 0 atom stereocenters. The number of nitrogens with zero attached hydrogens (tertiary/aromatic N) is 2. The zero-order valence-corrected chi connectivity index (χ0v) is 14.0. The first-order valence-electron chi connectivity index (χ1n) is 8.42. The van der Waals surface area contributed by atoms with Gasteiger partial charge in [0, 0.05) is 59.9 Å². The summed E-state index contributed by atoms with van der Waals surface area (Å²) in [6.07, 6.45) is 4.03. The largest absolute Gasteiger partial charge is 0.358 e. The van der Waals surface area contributed by atoms with Crippen LogP contribution in [0.3, 0.4) is 0 Å². The highest BCUT2D eigenvalue weighted by atomic mass is 16.6. The van der Waals surface area contributed by atoms with Gasteiger partial charge in [-0.15, -0.1) is 0 Å². The Labute approximate surface area is 149 Å². The van der Waals surface area contributed by atoms with Crippen LogP contribution in [-0.4, -0.2) is 27.3 Å². The van der Waals surface area contributed by atoms with E-state index >= 15 is 0 Å². The van der Waals surface area contributed by atoms with Crippen molar-refractivity contribution in [2.45, 2.75) is 13.0 Å². The van der Waals surface area contributed by atoms with Crippen LogP contribution in [0.4, 0.5) is 5.69 Å². The first-order chi connectivity index (χ1) is 12.6. The minimum Gasteiger partial charge on any atom is -0.358 e. The lowest BCUT2D eigenvalue weighted by molar-refractivity contribution is -0.384. The zero-order chi connectivity index (χ0) is 18.1. The van der Waals surface area contributed by atoms with Crippen LogP contribution in [0.15, 0.2) is 54.6 Å². The Morgan fingerprint density at radius 1 is 1.15 bits per heavy atom. The van der Waals surface area contributed by atoms with E-state index in [1.807, 2.05) is 23.1 Å². The summed E-state index contributed by atoms with van der Waals surface area (Å²) in [6, 6.07) is 14.3. The Morgan fingerprint density at radius 2 is 1.92 bits per heavy atom. The maximum Gasteiger partial charge on any atom is 0.269 e. The highest BCUT2D eigenvalue weighted by Gasteiger charge is 2.22. The molecule has 4 rings (SSSR count). The van der Waals surface area contributed by atoms with Crippen molar-refractivity contribution < 1.29 is 9.72 Å². The van der Waals surface area contributed by atoms with Gasteiger partial charge in [0.15, 0.2) is 0 Å². The summed E-state index contributed by atoms with van der Waals surface area (Å²) >= 11 is 0. The quantitative estimate of drug-likeness (QED) is 0.446. The fraction of sp³-hybridized carbons (Fsp3) is 0.150. The summed E-state index contributed by atoms with van der Waals surface area (Å²) in [4.78, 5) is 28.0. The van der Waals surface area contributed by atoms with Crippen molar-refractivity contribution >= 4 is 28.6 Å². The standard InChI is InChI=1S/C20H17N3O3/c24-20(10-7-14-5-8-15(9-6-14)23(25)26)22-12-11-19-17(13-22)16-3-1-2-4-18(16)21-19/h1-10,21H,11-13H2/b10-7-. The van der Waals surface area contributed by atoms with Crippen molar-refractivity contribution in [3.05, 3.63) is 81.5 Å². The van der Waals surface area contributed by atoms with E-state index < -0.39 is 4.92 Å². The third-order valence-electron chi connectivity index (χ3n) is 4.72. The van der Waals surface area contributed by atoms with Crippen molar-refractivity contribution in [1.82, 2.24) is 9.88 Å². The molecule has 1 aromatic heterocycles. The van der Waals surface area contributed by atoms with Crippen LogP contribution in [0, 0.1) is 10.1 Å². The number of rotatable bonds is 3. The molecular formula is C20H17N3O3. The van der Waals surface area contributed by atoms with Crippen LogP contribution >= 0.6 is 0 Å². The van der Waals surface area contributed by atoms with Gasteiger partial charge in [-0.25, -0.2) is 0 Å². The number of nitro groups is 1. The Morgan fingerprint density at radius 3 is 2.69 bits per heavy atom. The number of benzene rings is 2. The number of H-pyrrole nitrogens is 1. The number of aromatic nitrogens is 1. The van der Waals surface area contributed by atoms with E-state index in [1.165, 1.54) is 34.9 Å². The smallest absolute Gasteiger partial charge is 0.269 e. The first kappa shape index (κ1) is 16.1. The fourth-order valence-corrected chi connectivity index (χ4v) is 3.33. The lowest BCUT2D eigenvalue weighted by atomic mass is 10.0. The van der Waals surface area contributed by atoms with Gasteiger partial charge in [-0.3, -0.25) is 14.9 Å². The minimum atomic E-state index is -0.439. The maximum atomic E-state index is 12.5. The van der Waals surface area contributed by atoms with Crippen LogP contribution < -0.4 is 0 Å². The molecule has 130 valence electrons. The summed E-state index contributed by atoms with van der Waals surface area (Å²) < 4.78 is 0. The second-order valence-electron chi connectivity index (χ2n) is 6.32. The van der Waals surface area contributed by atoms with Crippen molar-refractivity contribution in [3.8, 4) is 0 Å². The third-order valence-corrected chi connectivity index (χ3v) is 4.72. The molecule has 0 aliphatic carbocycles. The molecule has 6 heteroatoms. The molecule has 1 aliphatic rings. The molecule has 3 aromatic rings. The number of hydrogen-bond acceptors (Lipinski definition) is 3. The molecule has 0 fully saturated rings. The van der Waals surface area contributed by atoms with Crippen molar-refractivity contribution in [1.29, 1.82) is 0 Å². The Hall–Kier alpha value is -3.41. The fourth-order valence-electron chi connectivity index (χ4n) is 3.33. The number of para-hydroxylation sites is 1. The molecule has 1 aliphatic heterocycles. The van der Waals surface area contributed by atoms with E-state index in [4.69, 9.17) is 0 Å². The number of hydrogen-bond donors (Lipinski definition) is 1. The number of nitrogens with one attached hydrogen (secondary N) is 1. The number of non-ortho nitro benzene ring substituents is 1. The van der Waals surface area contributed by atoms with E-state index in [0.717, 1.165) is 17.5 Å². The van der Waals surface area contributed by atoms with Gasteiger partial charge in [0.05, 0.1) is 4.92 Å². The van der Waals surface area contributed by atoms with Crippen molar-refractivity contribution in [2.75, 3.05) is 6.54 Å². The molecule has 0 spiro atoms. The number of amides is 1. The van der Waals surface area contributed by atoms with Crippen molar-refractivity contribution in [3.63, 3.8) is 0 Å². The van der Waals surface area contributed by atoms with Crippen molar-refractivity contribution in [2.24, 2.45) is 0 Å². The molecule has 0 bridgehead atoms. The number of nitro benzene ring substituents is 1. The van der Waals surface area contributed by atoms with Gasteiger partial charge in [0.25, 0.3) is 5.69 Å². The molecule has 2 aromatic carbocycles. The average molecular weight is 347 g/mol. The Balaban J connectivity index is 1.49. The number of aromatic amines is 1. The van der Waals surface area contributed by atoms with E-state index in [2.05, 4.69) is 11.1 Å². The molecule has 1 amide bonds. The van der Waals surface area contributed by atoms with Crippen LogP contribution in [0.25, 0.3) is 17.0 Å². The number of fused-ring (bicyclic) bond motifs is 3. The normalized spacial score (nSPS) is 13.9. The molecular weight excluding hydrogens is 330 g/mol. The van der Waals surface area contributed by atoms with Gasteiger partial charge in [0.2, 0.25) is 5.91 Å². The molecule has 26 heavy (non-hydrogen) atoms. The number of carbonyl (C=O) groups excluding carboxylic acids is 1. The molecule has 0 unspecified atom stereocenters. The number of carbonyl (C=O) groups is 1. The van der Waals surface area contributed by atoms with E-state index in [0.29, 0.717) is 13.1 Å². The Bertz CT molecular complexity index is 1020. The summed E-state index contributed by atoms with van der Waals surface area (Å²) in [7, 11) is 0. The van der Waals surface area contributed by atoms with E-state index in [1.54, 1.807) is 18.2 Å². The topological polar surface area (TPSA) is 79.2 Å².